The minimum Gasteiger partial charge on any atom is -0.411 e. The molecule has 0 amide bonds. The van der Waals surface area contributed by atoms with E-state index in [2.05, 4.69) is 10.5 Å². The molecule has 58 valence electrons. The Bertz CT molecular complexity index is 106. The highest BCUT2D eigenvalue weighted by molar-refractivity contribution is 5.63. The normalized spacial score (nSPS) is 28.6. The van der Waals surface area contributed by atoms with Gasteiger partial charge < -0.3 is 10.5 Å². The number of nitrogens with zero attached hydrogens (tertiary/aromatic N) is 1. The van der Waals surface area contributed by atoms with Gasteiger partial charge in [-0.15, -0.1) is 5.16 Å². The molecule has 1 unspecified atom stereocenters. The Morgan fingerprint density at radius 1 is 1.40 bits per heavy atom. The van der Waals surface area contributed by atoms with Crippen LogP contribution in [-0.2, 0) is 0 Å². The molecule has 0 aromatic carbocycles. The molecule has 1 saturated heterocycles. The molecule has 1 heterocycles. The van der Waals surface area contributed by atoms with Gasteiger partial charge in [-0.25, -0.2) is 0 Å². The van der Waals surface area contributed by atoms with E-state index in [4.69, 9.17) is 5.21 Å². The first-order valence-electron chi connectivity index (χ1n) is 3.84. The molecule has 0 saturated carbocycles. The lowest BCUT2D eigenvalue weighted by Gasteiger charge is -2.07. The fourth-order valence-corrected chi connectivity index (χ4v) is 1.26. The molecule has 1 fully saturated rings. The van der Waals surface area contributed by atoms with E-state index < -0.39 is 0 Å². The summed E-state index contributed by atoms with van der Waals surface area (Å²) >= 11 is 0. The highest BCUT2D eigenvalue weighted by atomic mass is 16.4. The Morgan fingerprint density at radius 2 is 2.30 bits per heavy atom. The molecule has 10 heavy (non-hydrogen) atoms. The lowest BCUT2D eigenvalue weighted by atomic mass is 10.1. The van der Waals surface area contributed by atoms with Crippen LogP contribution in [0.15, 0.2) is 5.16 Å². The third kappa shape index (κ3) is 2.35. The van der Waals surface area contributed by atoms with E-state index in [1.807, 2.05) is 0 Å². The lowest BCUT2D eigenvalue weighted by Crippen LogP contribution is -2.29. The predicted octanol–water partition coefficient (Wildman–Crippen LogP) is 0.979. The lowest BCUT2D eigenvalue weighted by molar-refractivity contribution is 0.318. The van der Waals surface area contributed by atoms with Gasteiger partial charge in [0, 0.05) is 6.04 Å². The van der Waals surface area contributed by atoms with Crippen LogP contribution in [0.1, 0.15) is 25.7 Å². The number of nitrogens with one attached hydrogen (secondary N) is 1. The van der Waals surface area contributed by atoms with Crippen molar-refractivity contribution in [2.75, 3.05) is 6.54 Å². The zero-order chi connectivity index (χ0) is 7.23. The van der Waals surface area contributed by atoms with Crippen LogP contribution in [0.5, 0.6) is 0 Å². The third-order valence-electron chi connectivity index (χ3n) is 1.85. The molecule has 1 atom stereocenters. The fraction of sp³-hybridized carbons (Fsp3) is 0.857. The Hall–Kier alpha value is -0.570. The number of hydrogen-bond donors (Lipinski definition) is 2. The summed E-state index contributed by atoms with van der Waals surface area (Å²) in [5.74, 6) is 0. The standard InChI is InChI=1S/C7H14N2O/c10-9-6-7-4-2-1-3-5-8-7/h6-8,10H,1-5H2/b9-6+. The van der Waals surface area contributed by atoms with Gasteiger partial charge >= 0.3 is 0 Å². The molecule has 0 aromatic heterocycles. The second kappa shape index (κ2) is 4.28. The van der Waals surface area contributed by atoms with Crippen molar-refractivity contribution in [3.05, 3.63) is 0 Å². The topological polar surface area (TPSA) is 44.6 Å². The molecule has 3 nitrogen and oxygen atoms in total. The maximum Gasteiger partial charge on any atom is 0.0605 e. The van der Waals surface area contributed by atoms with Crippen LogP contribution in [0, 0.1) is 0 Å². The average Bonchev–Trinajstić information content (AvgIpc) is 2.17. The largest absolute Gasteiger partial charge is 0.411 e. The van der Waals surface area contributed by atoms with E-state index in [0.29, 0.717) is 6.04 Å². The second-order valence-electron chi connectivity index (χ2n) is 2.67. The summed E-state index contributed by atoms with van der Waals surface area (Å²) in [7, 11) is 0. The molecule has 1 rings (SSSR count). The van der Waals surface area contributed by atoms with Gasteiger partial charge in [0.15, 0.2) is 0 Å². The quantitative estimate of drug-likeness (QED) is 0.325. The van der Waals surface area contributed by atoms with Crippen LogP contribution < -0.4 is 5.32 Å². The first kappa shape index (κ1) is 7.54. The minimum atomic E-state index is 0.299. The molecule has 0 bridgehead atoms. The van der Waals surface area contributed by atoms with Crippen LogP contribution in [0.3, 0.4) is 0 Å². The van der Waals surface area contributed by atoms with Gasteiger partial charge in [-0.1, -0.05) is 12.8 Å². The molecule has 0 aromatic rings. The smallest absolute Gasteiger partial charge is 0.0605 e. The Balaban J connectivity index is 2.28. The third-order valence-corrected chi connectivity index (χ3v) is 1.85. The number of rotatable bonds is 1. The van der Waals surface area contributed by atoms with Crippen molar-refractivity contribution in [3.8, 4) is 0 Å². The van der Waals surface area contributed by atoms with Crippen molar-refractivity contribution in [2.45, 2.75) is 31.7 Å². The number of hydrogen-bond acceptors (Lipinski definition) is 3. The highest BCUT2D eigenvalue weighted by Crippen LogP contribution is 2.06. The molecule has 0 radical (unpaired) electrons. The van der Waals surface area contributed by atoms with Crippen molar-refractivity contribution in [3.63, 3.8) is 0 Å². The van der Waals surface area contributed by atoms with Gasteiger partial charge in [0.05, 0.1) is 6.21 Å². The molecular weight excluding hydrogens is 128 g/mol. The molecule has 1 aliphatic heterocycles. The van der Waals surface area contributed by atoms with Crippen LogP contribution in [0.4, 0.5) is 0 Å². The second-order valence-corrected chi connectivity index (χ2v) is 2.67. The van der Waals surface area contributed by atoms with Crippen molar-refractivity contribution in [2.24, 2.45) is 5.16 Å². The summed E-state index contributed by atoms with van der Waals surface area (Å²) in [5.41, 5.74) is 0. The highest BCUT2D eigenvalue weighted by Gasteiger charge is 2.07. The van der Waals surface area contributed by atoms with E-state index in [1.54, 1.807) is 6.21 Å². The van der Waals surface area contributed by atoms with Gasteiger partial charge in [0.2, 0.25) is 0 Å². The van der Waals surface area contributed by atoms with Crippen LogP contribution >= 0.6 is 0 Å². The summed E-state index contributed by atoms with van der Waals surface area (Å²) < 4.78 is 0. The van der Waals surface area contributed by atoms with Crippen LogP contribution in [0.25, 0.3) is 0 Å². The predicted molar refractivity (Wildman–Crippen MR) is 40.5 cm³/mol. The van der Waals surface area contributed by atoms with Crippen molar-refractivity contribution < 1.29 is 5.21 Å². The average molecular weight is 142 g/mol. The van der Waals surface area contributed by atoms with E-state index >= 15 is 0 Å². The van der Waals surface area contributed by atoms with Gasteiger partial charge in [0.1, 0.15) is 0 Å². The van der Waals surface area contributed by atoms with Crippen molar-refractivity contribution in [1.82, 2.24) is 5.32 Å². The number of oxime groups is 1. The molecule has 0 aliphatic carbocycles. The fourth-order valence-electron chi connectivity index (χ4n) is 1.26. The minimum absolute atomic E-state index is 0.299. The van der Waals surface area contributed by atoms with Gasteiger partial charge in [-0.3, -0.25) is 0 Å². The molecule has 2 N–H and O–H groups in total. The first-order valence-corrected chi connectivity index (χ1v) is 3.84. The molecular formula is C7H14N2O. The van der Waals surface area contributed by atoms with Gasteiger partial charge in [-0.2, -0.15) is 0 Å². The summed E-state index contributed by atoms with van der Waals surface area (Å²) in [6, 6.07) is 0.299. The van der Waals surface area contributed by atoms with E-state index in [1.165, 1.54) is 19.3 Å². The van der Waals surface area contributed by atoms with Crippen molar-refractivity contribution >= 4 is 6.21 Å². The maximum absolute atomic E-state index is 8.24. The van der Waals surface area contributed by atoms with Crippen LogP contribution in [-0.4, -0.2) is 24.0 Å². The zero-order valence-electron chi connectivity index (χ0n) is 6.08. The van der Waals surface area contributed by atoms with Crippen LogP contribution in [0.2, 0.25) is 0 Å². The maximum atomic E-state index is 8.24. The molecule has 3 heteroatoms. The summed E-state index contributed by atoms with van der Waals surface area (Å²) in [6.07, 6.45) is 6.46. The Morgan fingerprint density at radius 3 is 3.10 bits per heavy atom. The van der Waals surface area contributed by atoms with Crippen molar-refractivity contribution in [1.29, 1.82) is 0 Å². The molecule has 0 spiro atoms. The zero-order valence-corrected chi connectivity index (χ0v) is 6.08. The first-order chi connectivity index (χ1) is 4.93. The van der Waals surface area contributed by atoms with Gasteiger partial charge in [-0.05, 0) is 19.4 Å². The SMILES string of the molecule is O/N=C/C1CCCCCN1. The molecule has 1 aliphatic rings. The summed E-state index contributed by atoms with van der Waals surface area (Å²) in [5, 5.41) is 14.5. The van der Waals surface area contributed by atoms with E-state index in [9.17, 15) is 0 Å². The van der Waals surface area contributed by atoms with E-state index in [0.717, 1.165) is 13.0 Å². The summed E-state index contributed by atoms with van der Waals surface area (Å²) in [4.78, 5) is 0. The van der Waals surface area contributed by atoms with Gasteiger partial charge in [0.25, 0.3) is 0 Å². The monoisotopic (exact) mass is 142 g/mol. The van der Waals surface area contributed by atoms with E-state index in [-0.39, 0.29) is 0 Å². The Labute approximate surface area is 61.1 Å². The Kier molecular flexibility index (Phi) is 3.22. The summed E-state index contributed by atoms with van der Waals surface area (Å²) in [6.45, 7) is 1.05.